The maximum atomic E-state index is 12.1. The number of halogens is 1. The molecule has 33 heavy (non-hydrogen) atoms. The molecule has 8 heteroatoms. The fourth-order valence-electron chi connectivity index (χ4n) is 4.90. The van der Waals surface area contributed by atoms with Crippen molar-refractivity contribution in [1.82, 2.24) is 19.9 Å². The van der Waals surface area contributed by atoms with Gasteiger partial charge in [0.15, 0.2) is 0 Å². The van der Waals surface area contributed by atoms with Crippen LogP contribution in [0.1, 0.15) is 43.2 Å². The molecule has 1 amide bonds. The number of hydrogen-bond donors (Lipinski definition) is 1. The van der Waals surface area contributed by atoms with E-state index in [-0.39, 0.29) is 11.3 Å². The van der Waals surface area contributed by atoms with Gasteiger partial charge in [-0.2, -0.15) is 0 Å². The van der Waals surface area contributed by atoms with E-state index in [4.69, 9.17) is 11.6 Å². The second kappa shape index (κ2) is 8.30. The predicted octanol–water partition coefficient (Wildman–Crippen LogP) is 4.47. The summed E-state index contributed by atoms with van der Waals surface area (Å²) in [5.74, 6) is 1.71. The van der Waals surface area contributed by atoms with Crippen molar-refractivity contribution in [3.05, 3.63) is 70.3 Å². The van der Waals surface area contributed by atoms with Crippen molar-refractivity contribution in [1.29, 1.82) is 0 Å². The smallest absolute Gasteiger partial charge is 0.219 e. The van der Waals surface area contributed by atoms with Crippen molar-refractivity contribution in [3.63, 3.8) is 0 Å². The summed E-state index contributed by atoms with van der Waals surface area (Å²) in [6.07, 6.45) is 4.15. The number of anilines is 3. The van der Waals surface area contributed by atoms with Gasteiger partial charge in [0.2, 0.25) is 5.91 Å². The van der Waals surface area contributed by atoms with Crippen molar-refractivity contribution < 1.29 is 4.79 Å². The molecular weight excluding hydrogens is 436 g/mol. The summed E-state index contributed by atoms with van der Waals surface area (Å²) in [6.45, 7) is 8.80. The lowest BCUT2D eigenvalue weighted by atomic mass is 9.78. The lowest BCUT2D eigenvalue weighted by Gasteiger charge is -2.39. The third kappa shape index (κ3) is 4.13. The van der Waals surface area contributed by atoms with E-state index >= 15 is 0 Å². The molecule has 0 radical (unpaired) electrons. The van der Waals surface area contributed by atoms with Gasteiger partial charge in [0.1, 0.15) is 18.0 Å². The minimum Gasteiger partial charge on any atom is -0.349 e. The second-order valence-electron chi connectivity index (χ2n) is 9.38. The zero-order chi connectivity index (χ0) is 23.2. The van der Waals surface area contributed by atoms with Gasteiger partial charge in [-0.15, -0.1) is 0 Å². The minimum atomic E-state index is -0.0813. The zero-order valence-electron chi connectivity index (χ0n) is 19.1. The molecule has 7 nitrogen and oxygen atoms in total. The largest absolute Gasteiger partial charge is 0.349 e. The molecule has 4 heterocycles. The molecule has 0 saturated carbocycles. The molecular formula is C25H27ClN6O. The van der Waals surface area contributed by atoms with Gasteiger partial charge in [0, 0.05) is 49.4 Å². The van der Waals surface area contributed by atoms with Crippen LogP contribution in [-0.2, 0) is 29.7 Å². The Balaban J connectivity index is 1.41. The summed E-state index contributed by atoms with van der Waals surface area (Å²) in [4.78, 5) is 29.6. The normalized spacial score (nSPS) is 16.7. The third-order valence-corrected chi connectivity index (χ3v) is 6.83. The maximum Gasteiger partial charge on any atom is 0.219 e. The van der Waals surface area contributed by atoms with Crippen LogP contribution in [0.2, 0.25) is 5.02 Å². The van der Waals surface area contributed by atoms with Crippen LogP contribution in [-0.4, -0.2) is 38.8 Å². The Labute approximate surface area is 198 Å². The van der Waals surface area contributed by atoms with Crippen LogP contribution in [0, 0.1) is 0 Å². The van der Waals surface area contributed by atoms with Gasteiger partial charge in [0.05, 0.1) is 17.3 Å². The molecule has 0 bridgehead atoms. The average molecular weight is 463 g/mol. The van der Waals surface area contributed by atoms with Crippen LogP contribution in [0.5, 0.6) is 0 Å². The Morgan fingerprint density at radius 2 is 2.00 bits per heavy atom. The van der Waals surface area contributed by atoms with Gasteiger partial charge >= 0.3 is 0 Å². The highest BCUT2D eigenvalue weighted by Gasteiger charge is 2.33. The zero-order valence-corrected chi connectivity index (χ0v) is 19.9. The van der Waals surface area contributed by atoms with Crippen LogP contribution in [0.25, 0.3) is 0 Å². The molecule has 0 saturated heterocycles. The summed E-state index contributed by atoms with van der Waals surface area (Å²) in [7, 11) is 0. The Morgan fingerprint density at radius 1 is 1.15 bits per heavy atom. The molecule has 3 aromatic rings. The fourth-order valence-corrected chi connectivity index (χ4v) is 5.14. The fraction of sp³-hybridized carbons (Fsp3) is 0.360. The Hall–Kier alpha value is -3.19. The quantitative estimate of drug-likeness (QED) is 0.619. The number of amides is 1. The number of nitrogens with zero attached hydrogens (tertiary/aromatic N) is 5. The van der Waals surface area contributed by atoms with Crippen LogP contribution < -0.4 is 10.2 Å². The molecule has 2 aromatic heterocycles. The first-order valence-electron chi connectivity index (χ1n) is 11.2. The van der Waals surface area contributed by atoms with Gasteiger partial charge in [-0.3, -0.25) is 4.79 Å². The molecule has 0 atom stereocenters. The first-order chi connectivity index (χ1) is 15.8. The number of hydrogen-bond acceptors (Lipinski definition) is 6. The standard InChI is InChI=1S/C25H27ClN6O/c1-16(33)32-12-17-11-18(6-7-20(17)25(2,3)14-32)30-23-19-8-10-31(13-22(19)28-15-29-23)24-21(26)5-4-9-27-24/h4-7,9,11,15H,8,10,12-14H2,1-3H3,(H,28,29,30). The van der Waals surface area contributed by atoms with Crippen LogP contribution >= 0.6 is 11.6 Å². The number of benzene rings is 1. The first-order valence-corrected chi connectivity index (χ1v) is 11.5. The van der Waals surface area contributed by atoms with E-state index in [2.05, 4.69) is 57.2 Å². The van der Waals surface area contributed by atoms with Crippen molar-refractivity contribution in [2.45, 2.75) is 45.7 Å². The first kappa shape index (κ1) is 21.6. The van der Waals surface area contributed by atoms with Crippen molar-refractivity contribution >= 4 is 34.8 Å². The van der Waals surface area contributed by atoms with E-state index < -0.39 is 0 Å². The Kier molecular flexibility index (Phi) is 5.44. The van der Waals surface area contributed by atoms with Crippen molar-refractivity contribution in [2.24, 2.45) is 0 Å². The monoisotopic (exact) mass is 462 g/mol. The lowest BCUT2D eigenvalue weighted by Crippen LogP contribution is -2.44. The van der Waals surface area contributed by atoms with Gasteiger partial charge < -0.3 is 15.1 Å². The molecule has 5 rings (SSSR count). The second-order valence-corrected chi connectivity index (χ2v) is 9.79. The molecule has 1 N–H and O–H groups in total. The molecule has 2 aliphatic heterocycles. The number of nitrogens with one attached hydrogen (secondary N) is 1. The molecule has 0 aliphatic carbocycles. The Morgan fingerprint density at radius 3 is 2.79 bits per heavy atom. The van der Waals surface area contributed by atoms with Crippen LogP contribution in [0.4, 0.5) is 17.3 Å². The van der Waals surface area contributed by atoms with Crippen LogP contribution in [0.15, 0.2) is 42.9 Å². The maximum absolute atomic E-state index is 12.1. The number of carbonyl (C=O) groups is 1. The summed E-state index contributed by atoms with van der Waals surface area (Å²) in [6, 6.07) is 10.1. The number of aromatic nitrogens is 3. The van der Waals surface area contributed by atoms with E-state index in [9.17, 15) is 4.79 Å². The summed E-state index contributed by atoms with van der Waals surface area (Å²) < 4.78 is 0. The molecule has 170 valence electrons. The lowest BCUT2D eigenvalue weighted by molar-refractivity contribution is -0.130. The SMILES string of the molecule is CC(=O)N1Cc2cc(Nc3ncnc4c3CCN(c3ncccc3Cl)C4)ccc2C(C)(C)C1. The highest BCUT2D eigenvalue weighted by molar-refractivity contribution is 6.32. The number of carbonyl (C=O) groups excluding carboxylic acids is 1. The van der Waals surface area contributed by atoms with E-state index in [1.165, 1.54) is 11.1 Å². The highest BCUT2D eigenvalue weighted by Crippen LogP contribution is 2.36. The highest BCUT2D eigenvalue weighted by atomic mass is 35.5. The molecule has 1 aromatic carbocycles. The van der Waals surface area contributed by atoms with E-state index in [1.807, 2.05) is 17.0 Å². The predicted molar refractivity (Wildman–Crippen MR) is 130 cm³/mol. The van der Waals surface area contributed by atoms with Gasteiger partial charge in [-0.25, -0.2) is 15.0 Å². The van der Waals surface area contributed by atoms with Crippen molar-refractivity contribution in [2.75, 3.05) is 23.3 Å². The topological polar surface area (TPSA) is 74.2 Å². The summed E-state index contributed by atoms with van der Waals surface area (Å²) in [5.41, 5.74) is 5.43. The van der Waals surface area contributed by atoms with Gasteiger partial charge in [-0.05, 0) is 41.8 Å². The summed E-state index contributed by atoms with van der Waals surface area (Å²) in [5, 5.41) is 4.15. The van der Waals surface area contributed by atoms with Crippen molar-refractivity contribution in [3.8, 4) is 0 Å². The minimum absolute atomic E-state index is 0.0813. The molecule has 0 spiro atoms. The van der Waals surface area contributed by atoms with Gasteiger partial charge in [-0.1, -0.05) is 31.5 Å². The third-order valence-electron chi connectivity index (χ3n) is 6.54. The van der Waals surface area contributed by atoms with E-state index in [1.54, 1.807) is 19.4 Å². The number of pyridine rings is 1. The summed E-state index contributed by atoms with van der Waals surface area (Å²) >= 11 is 6.36. The van der Waals surface area contributed by atoms with E-state index in [0.29, 0.717) is 18.1 Å². The van der Waals surface area contributed by atoms with Gasteiger partial charge in [0.25, 0.3) is 0 Å². The van der Waals surface area contributed by atoms with E-state index in [0.717, 1.165) is 48.1 Å². The number of fused-ring (bicyclic) bond motifs is 2. The molecule has 2 aliphatic rings. The average Bonchev–Trinajstić information content (AvgIpc) is 2.78. The Bertz CT molecular complexity index is 1230. The number of rotatable bonds is 3. The molecule has 0 unspecified atom stereocenters. The van der Waals surface area contributed by atoms with Crippen LogP contribution in [0.3, 0.4) is 0 Å². The molecule has 0 fully saturated rings.